The first-order chi connectivity index (χ1) is 21.0. The fourth-order valence-electron chi connectivity index (χ4n) is 4.61. The highest BCUT2D eigenvalue weighted by Crippen LogP contribution is 2.39. The molecule has 3 aromatic carbocycles. The molecule has 2 heterocycles. The van der Waals surface area contributed by atoms with Gasteiger partial charge in [0.05, 0.1) is 29.9 Å². The number of benzene rings is 3. The van der Waals surface area contributed by atoms with E-state index in [1.165, 1.54) is 44.4 Å². The van der Waals surface area contributed by atoms with Crippen molar-refractivity contribution in [1.29, 1.82) is 0 Å². The maximum Gasteiger partial charge on any atom is 0.434 e. The van der Waals surface area contributed by atoms with E-state index in [0.29, 0.717) is 26.6 Å². The van der Waals surface area contributed by atoms with Crippen LogP contribution in [-0.4, -0.2) is 30.4 Å². The second kappa shape index (κ2) is 13.0. The van der Waals surface area contributed by atoms with E-state index in [4.69, 9.17) is 25.8 Å². The van der Waals surface area contributed by atoms with E-state index in [0.717, 1.165) is 21.5 Å². The maximum absolute atomic E-state index is 14.3. The first-order valence-electron chi connectivity index (χ1n) is 13.1. The van der Waals surface area contributed by atoms with Gasteiger partial charge in [-0.15, -0.1) is 0 Å². The molecule has 0 aliphatic carbocycles. The number of ether oxygens (including phenoxy) is 3. The Balaban J connectivity index is 1.66. The first-order valence-corrected chi connectivity index (χ1v) is 15.1. The number of nitrogens with zero attached hydrogens (tertiary/aromatic N) is 2. The number of methoxy groups -OCH3 is 1. The molecule has 0 amide bonds. The number of thiazole rings is 1. The largest absolute Gasteiger partial charge is 0.493 e. The number of carbonyl (C=O) groups excluding carboxylic acids is 1. The van der Waals surface area contributed by atoms with Crippen molar-refractivity contribution < 1.29 is 32.2 Å². The molecule has 0 N–H and O–H groups in total. The van der Waals surface area contributed by atoms with Gasteiger partial charge in [0, 0.05) is 9.50 Å². The Hall–Kier alpha value is -3.87. The first kappa shape index (κ1) is 31.6. The number of esters is 1. The van der Waals surface area contributed by atoms with Crippen molar-refractivity contribution in [2.24, 2.45) is 4.99 Å². The van der Waals surface area contributed by atoms with Crippen LogP contribution in [-0.2, 0) is 16.1 Å². The lowest BCUT2D eigenvalue weighted by Crippen LogP contribution is -2.41. The van der Waals surface area contributed by atoms with Crippen molar-refractivity contribution in [2.45, 2.75) is 25.7 Å². The summed E-state index contributed by atoms with van der Waals surface area (Å²) in [5.41, 5.74) is -1.18. The topological polar surface area (TPSA) is 79.1 Å². The van der Waals surface area contributed by atoms with Gasteiger partial charge in [-0.2, -0.15) is 13.2 Å². The van der Waals surface area contributed by atoms with Gasteiger partial charge in [-0.3, -0.25) is 9.36 Å². The normalized spacial score (nSPS) is 15.1. The molecule has 0 unspecified atom stereocenters. The standard InChI is InChI=1S/C31H23BrClF3N2O5S/c1-3-42-29(40)25-26(18-9-11-20(33)12-10-18)38-28(39)24(44-30(38)37-27(25)31(34,35)36)14-19-13-22(41-2)23(15-21(19)32)43-16-17-7-5-4-6-8-17/h4-15,26H,3,16H2,1-2H3/b24-14-/t26-/m0/s1. The van der Waals surface area contributed by atoms with E-state index >= 15 is 0 Å². The minimum Gasteiger partial charge on any atom is -0.493 e. The summed E-state index contributed by atoms with van der Waals surface area (Å²) in [6.45, 7) is 1.59. The van der Waals surface area contributed by atoms with Crippen LogP contribution in [0.4, 0.5) is 13.2 Å². The van der Waals surface area contributed by atoms with Crippen molar-refractivity contribution in [3.8, 4) is 11.5 Å². The molecule has 0 fully saturated rings. The Morgan fingerprint density at radius 2 is 1.82 bits per heavy atom. The van der Waals surface area contributed by atoms with E-state index in [1.807, 2.05) is 30.3 Å². The number of fused-ring (bicyclic) bond motifs is 1. The summed E-state index contributed by atoms with van der Waals surface area (Å²) < 4.78 is 61.2. The molecule has 7 nitrogen and oxygen atoms in total. The van der Waals surface area contributed by atoms with Crippen molar-refractivity contribution in [3.05, 3.63) is 124 Å². The predicted molar refractivity (Wildman–Crippen MR) is 164 cm³/mol. The summed E-state index contributed by atoms with van der Waals surface area (Å²) in [5, 5.41) is 0.328. The van der Waals surface area contributed by atoms with Crippen LogP contribution in [0.2, 0.25) is 5.02 Å². The van der Waals surface area contributed by atoms with Crippen molar-refractivity contribution >= 4 is 50.9 Å². The third-order valence-electron chi connectivity index (χ3n) is 6.59. The van der Waals surface area contributed by atoms with Gasteiger partial charge in [0.2, 0.25) is 0 Å². The number of aromatic nitrogens is 1. The van der Waals surface area contributed by atoms with E-state index in [-0.39, 0.29) is 28.1 Å². The minimum absolute atomic E-state index is 0.0788. The predicted octanol–water partition coefficient (Wildman–Crippen LogP) is 6.34. The molecular weight excluding hydrogens is 685 g/mol. The molecule has 1 aromatic heterocycles. The van der Waals surface area contributed by atoms with Crippen LogP contribution in [0.1, 0.15) is 29.7 Å². The third kappa shape index (κ3) is 6.47. The second-order valence-corrected chi connectivity index (χ2v) is 11.7. The van der Waals surface area contributed by atoms with Gasteiger partial charge in [-0.1, -0.05) is 81.3 Å². The van der Waals surface area contributed by atoms with Crippen molar-refractivity contribution in [2.75, 3.05) is 13.7 Å². The molecule has 0 radical (unpaired) electrons. The van der Waals surface area contributed by atoms with Gasteiger partial charge in [-0.25, -0.2) is 9.79 Å². The van der Waals surface area contributed by atoms with Crippen LogP contribution in [0, 0.1) is 0 Å². The lowest BCUT2D eigenvalue weighted by atomic mass is 9.95. The minimum atomic E-state index is -5.01. The summed E-state index contributed by atoms with van der Waals surface area (Å²) in [6.07, 6.45) is -3.49. The zero-order valence-corrected chi connectivity index (χ0v) is 26.3. The Labute approximate surface area is 266 Å². The third-order valence-corrected chi connectivity index (χ3v) is 8.51. The van der Waals surface area contributed by atoms with E-state index in [9.17, 15) is 22.8 Å². The maximum atomic E-state index is 14.3. The van der Waals surface area contributed by atoms with Crippen LogP contribution >= 0.6 is 38.9 Å². The average molecular weight is 708 g/mol. The number of alkyl halides is 3. The van der Waals surface area contributed by atoms with Crippen molar-refractivity contribution in [3.63, 3.8) is 0 Å². The molecule has 1 aliphatic rings. The van der Waals surface area contributed by atoms with Gasteiger partial charge in [0.25, 0.3) is 5.56 Å². The van der Waals surface area contributed by atoms with E-state index in [1.54, 1.807) is 12.1 Å². The molecule has 0 bridgehead atoms. The highest BCUT2D eigenvalue weighted by Gasteiger charge is 2.45. The summed E-state index contributed by atoms with van der Waals surface area (Å²) >= 11 is 10.3. The molecule has 44 heavy (non-hydrogen) atoms. The molecule has 5 rings (SSSR count). The van der Waals surface area contributed by atoms with Crippen LogP contribution in [0.15, 0.2) is 92.3 Å². The molecule has 1 aliphatic heterocycles. The zero-order valence-electron chi connectivity index (χ0n) is 23.2. The second-order valence-electron chi connectivity index (χ2n) is 9.41. The quantitative estimate of drug-likeness (QED) is 0.200. The van der Waals surface area contributed by atoms with Crippen LogP contribution in [0.25, 0.3) is 6.08 Å². The van der Waals surface area contributed by atoms with Crippen molar-refractivity contribution in [1.82, 2.24) is 4.57 Å². The number of halogens is 5. The fourth-order valence-corrected chi connectivity index (χ4v) is 6.17. The number of rotatable bonds is 8. The van der Waals surface area contributed by atoms with Gasteiger partial charge >= 0.3 is 12.1 Å². The fraction of sp³-hybridized carbons (Fsp3) is 0.194. The Morgan fingerprint density at radius 1 is 1.11 bits per heavy atom. The zero-order chi connectivity index (χ0) is 31.6. The molecule has 1 atom stereocenters. The summed E-state index contributed by atoms with van der Waals surface area (Å²) in [4.78, 5) is 30.4. The smallest absolute Gasteiger partial charge is 0.434 e. The van der Waals surface area contributed by atoms with E-state index < -0.39 is 35.0 Å². The van der Waals surface area contributed by atoms with Gasteiger partial charge in [-0.05, 0) is 54.0 Å². The van der Waals surface area contributed by atoms with E-state index in [2.05, 4.69) is 20.9 Å². The SMILES string of the molecule is CCOC(=O)C1=C(C(F)(F)F)N=c2s/c(=C\c3cc(OC)c(OCc4ccccc4)cc3Br)c(=O)n2[C@H]1c1ccc(Cl)cc1. The van der Waals surface area contributed by atoms with Gasteiger partial charge in [0.1, 0.15) is 6.61 Å². The lowest BCUT2D eigenvalue weighted by Gasteiger charge is -2.26. The van der Waals surface area contributed by atoms with Crippen LogP contribution in [0.3, 0.4) is 0 Å². The lowest BCUT2D eigenvalue weighted by molar-refractivity contribution is -0.140. The highest BCUT2D eigenvalue weighted by molar-refractivity contribution is 9.10. The van der Waals surface area contributed by atoms with Crippen LogP contribution in [0.5, 0.6) is 11.5 Å². The van der Waals surface area contributed by atoms with Gasteiger partial charge in [0.15, 0.2) is 22.0 Å². The molecule has 228 valence electrons. The summed E-state index contributed by atoms with van der Waals surface area (Å²) in [5.74, 6) is -0.402. The van der Waals surface area contributed by atoms with Crippen LogP contribution < -0.4 is 24.4 Å². The number of carbonyl (C=O) groups is 1. The molecule has 0 saturated heterocycles. The summed E-state index contributed by atoms with van der Waals surface area (Å²) in [7, 11) is 1.47. The molecule has 0 saturated carbocycles. The number of hydrogen-bond acceptors (Lipinski definition) is 7. The summed E-state index contributed by atoms with van der Waals surface area (Å²) in [6, 6.07) is 17.2. The Morgan fingerprint density at radius 3 is 2.45 bits per heavy atom. The highest BCUT2D eigenvalue weighted by atomic mass is 79.9. The molecule has 0 spiro atoms. The van der Waals surface area contributed by atoms with Gasteiger partial charge < -0.3 is 14.2 Å². The monoisotopic (exact) mass is 706 g/mol. The number of allylic oxidation sites excluding steroid dienone is 1. The number of hydrogen-bond donors (Lipinski definition) is 0. The molecule has 13 heteroatoms. The Bertz CT molecular complexity index is 1920. The Kier molecular flexibility index (Phi) is 9.33. The molecule has 4 aromatic rings. The average Bonchev–Trinajstić information content (AvgIpc) is 3.31. The molecular formula is C31H23BrClF3N2O5S.